The number of carbonyl (C=O) groups is 2. The van der Waals surface area contributed by atoms with E-state index >= 15 is 0 Å². The minimum Gasteiger partial charge on any atom is -0.466 e. The van der Waals surface area contributed by atoms with Gasteiger partial charge in [-0.05, 0) is 25.7 Å². The predicted molar refractivity (Wildman–Crippen MR) is 278 cm³/mol. The van der Waals surface area contributed by atoms with Crippen LogP contribution in [0.2, 0.25) is 0 Å². The van der Waals surface area contributed by atoms with Crippen molar-refractivity contribution in [3.63, 3.8) is 0 Å². The van der Waals surface area contributed by atoms with Gasteiger partial charge in [-0.3, -0.25) is 9.59 Å². The Balaban J connectivity index is 3.20. The first-order valence-electron chi connectivity index (χ1n) is 29.5. The average molecular weight is 890 g/mol. The van der Waals surface area contributed by atoms with E-state index in [0.29, 0.717) is 26.1 Å². The third-order valence-corrected chi connectivity index (χ3v) is 13.8. The van der Waals surface area contributed by atoms with Crippen molar-refractivity contribution in [1.82, 2.24) is 0 Å². The third kappa shape index (κ3) is 57.0. The van der Waals surface area contributed by atoms with E-state index in [4.69, 9.17) is 9.47 Å². The van der Waals surface area contributed by atoms with Gasteiger partial charge in [-0.2, -0.15) is 0 Å². The minimum atomic E-state index is 0.0155. The molecule has 0 spiro atoms. The molecule has 4 nitrogen and oxygen atoms in total. The third-order valence-electron chi connectivity index (χ3n) is 13.8. The van der Waals surface area contributed by atoms with Crippen molar-refractivity contribution in [3.8, 4) is 0 Å². The van der Waals surface area contributed by atoms with Crippen LogP contribution in [0.5, 0.6) is 0 Å². The Bertz CT molecular complexity index is 788. The maximum atomic E-state index is 12.1. The fourth-order valence-corrected chi connectivity index (χ4v) is 9.36. The van der Waals surface area contributed by atoms with Gasteiger partial charge in [0.1, 0.15) is 0 Å². The fraction of sp³-hybridized carbons (Fsp3) is 0.966. The second-order valence-corrected chi connectivity index (χ2v) is 20.3. The van der Waals surface area contributed by atoms with Crippen LogP contribution in [-0.4, -0.2) is 25.2 Å². The number of esters is 2. The Morgan fingerprint density at radius 3 is 0.524 bits per heavy atom. The summed E-state index contributed by atoms with van der Waals surface area (Å²) in [6.07, 6.45) is 69.8. The Morgan fingerprint density at radius 1 is 0.206 bits per heavy atom. The summed E-state index contributed by atoms with van der Waals surface area (Å²) in [5.74, 6) is 0.0310. The maximum Gasteiger partial charge on any atom is 0.305 e. The van der Waals surface area contributed by atoms with Crippen LogP contribution in [0.1, 0.15) is 354 Å². The van der Waals surface area contributed by atoms with Crippen LogP contribution < -0.4 is 0 Å². The van der Waals surface area contributed by atoms with Gasteiger partial charge in [0, 0.05) is 12.8 Å². The zero-order chi connectivity index (χ0) is 45.5. The molecule has 0 N–H and O–H groups in total. The van der Waals surface area contributed by atoms with Crippen molar-refractivity contribution in [2.45, 2.75) is 354 Å². The Morgan fingerprint density at radius 2 is 0.349 bits per heavy atom. The molecule has 0 aliphatic carbocycles. The van der Waals surface area contributed by atoms with Crippen molar-refractivity contribution >= 4 is 11.9 Å². The molecule has 0 heterocycles. The van der Waals surface area contributed by atoms with Crippen molar-refractivity contribution < 1.29 is 19.1 Å². The standard InChI is InChI=1S/C59H116O4/c1-3-5-7-9-11-13-15-17-19-21-23-25-27-30-34-38-42-46-50-54-58(60)62-56-52-48-44-40-36-32-29-33-37-41-45-49-53-57-63-59(61)55-51-47-43-39-35-31-28-26-24-22-20-18-16-14-12-10-8-6-4-2/h3-57H2,1-2H3. The summed E-state index contributed by atoms with van der Waals surface area (Å²) in [6, 6.07) is 0. The van der Waals surface area contributed by atoms with Crippen LogP contribution >= 0.6 is 0 Å². The van der Waals surface area contributed by atoms with E-state index in [2.05, 4.69) is 13.8 Å². The van der Waals surface area contributed by atoms with E-state index in [-0.39, 0.29) is 11.9 Å². The van der Waals surface area contributed by atoms with E-state index < -0.39 is 0 Å². The van der Waals surface area contributed by atoms with Gasteiger partial charge in [-0.25, -0.2) is 0 Å². The van der Waals surface area contributed by atoms with E-state index in [0.717, 1.165) is 25.7 Å². The van der Waals surface area contributed by atoms with E-state index in [1.54, 1.807) is 0 Å². The molecule has 0 bridgehead atoms. The van der Waals surface area contributed by atoms with Crippen LogP contribution in [0.15, 0.2) is 0 Å². The fourth-order valence-electron chi connectivity index (χ4n) is 9.36. The second kappa shape index (κ2) is 57.1. The van der Waals surface area contributed by atoms with Gasteiger partial charge >= 0.3 is 11.9 Å². The molecule has 0 aromatic carbocycles. The summed E-state index contributed by atoms with van der Waals surface area (Å²) in [5.41, 5.74) is 0. The molecular weight excluding hydrogens is 773 g/mol. The highest BCUT2D eigenvalue weighted by Crippen LogP contribution is 2.18. The van der Waals surface area contributed by atoms with Crippen LogP contribution in [0.25, 0.3) is 0 Å². The molecule has 0 fully saturated rings. The van der Waals surface area contributed by atoms with Gasteiger partial charge in [-0.15, -0.1) is 0 Å². The smallest absolute Gasteiger partial charge is 0.305 e. The lowest BCUT2D eigenvalue weighted by molar-refractivity contribution is -0.144. The molecule has 0 unspecified atom stereocenters. The van der Waals surface area contributed by atoms with Crippen LogP contribution in [0.4, 0.5) is 0 Å². The van der Waals surface area contributed by atoms with Gasteiger partial charge in [0.25, 0.3) is 0 Å². The molecule has 0 saturated heterocycles. The first-order valence-corrected chi connectivity index (χ1v) is 29.5. The molecule has 0 aliphatic rings. The Labute approximate surface area is 396 Å². The summed E-state index contributed by atoms with van der Waals surface area (Å²) in [7, 11) is 0. The number of unbranched alkanes of at least 4 members (excludes halogenated alkanes) is 48. The summed E-state index contributed by atoms with van der Waals surface area (Å²) < 4.78 is 11.0. The molecule has 0 aromatic rings. The minimum absolute atomic E-state index is 0.0155. The molecule has 0 atom stereocenters. The topological polar surface area (TPSA) is 52.6 Å². The molecular formula is C59H116O4. The molecule has 0 aromatic heterocycles. The van der Waals surface area contributed by atoms with Gasteiger partial charge < -0.3 is 9.47 Å². The molecule has 0 radical (unpaired) electrons. The number of carbonyl (C=O) groups excluding carboxylic acids is 2. The first-order chi connectivity index (χ1) is 31.2. The van der Waals surface area contributed by atoms with Crippen LogP contribution in [-0.2, 0) is 19.1 Å². The Kier molecular flexibility index (Phi) is 56.1. The number of rotatable bonds is 56. The molecule has 0 amide bonds. The lowest BCUT2D eigenvalue weighted by Crippen LogP contribution is -2.05. The number of hydrogen-bond acceptors (Lipinski definition) is 4. The molecule has 0 rings (SSSR count). The largest absolute Gasteiger partial charge is 0.466 e. The van der Waals surface area contributed by atoms with Crippen molar-refractivity contribution in [3.05, 3.63) is 0 Å². The summed E-state index contributed by atoms with van der Waals surface area (Å²) in [4.78, 5) is 24.2. The average Bonchev–Trinajstić information content (AvgIpc) is 3.29. The zero-order valence-corrected chi connectivity index (χ0v) is 43.5. The zero-order valence-electron chi connectivity index (χ0n) is 43.5. The quantitative estimate of drug-likeness (QED) is 0.0451. The molecule has 0 aliphatic heterocycles. The predicted octanol–water partition coefficient (Wildman–Crippen LogP) is 20.8. The summed E-state index contributed by atoms with van der Waals surface area (Å²) >= 11 is 0. The Hall–Kier alpha value is -1.06. The number of ether oxygens (including phenoxy) is 2. The van der Waals surface area contributed by atoms with Crippen molar-refractivity contribution in [2.75, 3.05) is 13.2 Å². The lowest BCUT2D eigenvalue weighted by Gasteiger charge is -2.06. The van der Waals surface area contributed by atoms with Crippen molar-refractivity contribution in [1.29, 1.82) is 0 Å². The van der Waals surface area contributed by atoms with Gasteiger partial charge in [0.05, 0.1) is 13.2 Å². The SMILES string of the molecule is CCCCCCCCCCCCCCCCCCCCCC(=O)OCCCCCCCCCCCCCCCOC(=O)CCCCCCCCCCCCCCCCCCCCC. The molecule has 63 heavy (non-hydrogen) atoms. The molecule has 0 saturated carbocycles. The van der Waals surface area contributed by atoms with Gasteiger partial charge in [0.2, 0.25) is 0 Å². The van der Waals surface area contributed by atoms with E-state index in [1.165, 1.54) is 302 Å². The summed E-state index contributed by atoms with van der Waals surface area (Å²) in [5, 5.41) is 0. The van der Waals surface area contributed by atoms with Gasteiger partial charge in [-0.1, -0.05) is 316 Å². The first kappa shape index (κ1) is 61.9. The highest BCUT2D eigenvalue weighted by atomic mass is 16.5. The highest BCUT2D eigenvalue weighted by molar-refractivity contribution is 5.69. The van der Waals surface area contributed by atoms with E-state index in [1.807, 2.05) is 0 Å². The molecule has 4 heteroatoms. The second-order valence-electron chi connectivity index (χ2n) is 20.3. The number of hydrogen-bond donors (Lipinski definition) is 0. The summed E-state index contributed by atoms with van der Waals surface area (Å²) in [6.45, 7) is 5.81. The van der Waals surface area contributed by atoms with Crippen LogP contribution in [0.3, 0.4) is 0 Å². The molecule has 376 valence electrons. The van der Waals surface area contributed by atoms with Crippen LogP contribution in [0, 0.1) is 0 Å². The monoisotopic (exact) mass is 889 g/mol. The maximum absolute atomic E-state index is 12.1. The van der Waals surface area contributed by atoms with E-state index in [9.17, 15) is 9.59 Å². The van der Waals surface area contributed by atoms with Crippen molar-refractivity contribution in [2.24, 2.45) is 0 Å². The lowest BCUT2D eigenvalue weighted by atomic mass is 10.0. The normalized spacial score (nSPS) is 11.5. The highest BCUT2D eigenvalue weighted by Gasteiger charge is 2.05. The van der Waals surface area contributed by atoms with Gasteiger partial charge in [0.15, 0.2) is 0 Å².